The van der Waals surface area contributed by atoms with Crippen LogP contribution in [0.2, 0.25) is 0 Å². The van der Waals surface area contributed by atoms with Gasteiger partial charge < -0.3 is 33.2 Å². The molecule has 11 nitrogen and oxygen atoms in total. The largest absolute Gasteiger partial charge is 0.493 e. The Kier molecular flexibility index (Phi) is 12.1. The Morgan fingerprint density at radius 1 is 0.718 bits per heavy atom. The number of ether oxygens (including phenoxy) is 7. The molecule has 2 atom stereocenters. The Bertz CT molecular complexity index is 1160. The second-order valence-electron chi connectivity index (χ2n) is 8.42. The van der Waals surface area contributed by atoms with Gasteiger partial charge in [0.15, 0.2) is 35.2 Å². The van der Waals surface area contributed by atoms with Crippen LogP contribution < -0.4 is 18.9 Å². The first-order valence-corrected chi connectivity index (χ1v) is 12.2. The molecule has 0 heterocycles. The number of carbonyl (C=O) groups is 4. The highest BCUT2D eigenvalue weighted by Gasteiger charge is 2.31. The summed E-state index contributed by atoms with van der Waals surface area (Å²) in [7, 11) is 2.88. The van der Waals surface area contributed by atoms with E-state index in [0.717, 1.165) is 5.56 Å². The predicted octanol–water partition coefficient (Wildman–Crippen LogP) is 3.74. The maximum Gasteiger partial charge on any atom is 0.308 e. The molecule has 39 heavy (non-hydrogen) atoms. The molecule has 0 radical (unpaired) electrons. The van der Waals surface area contributed by atoms with Crippen molar-refractivity contribution in [2.75, 3.05) is 27.4 Å². The van der Waals surface area contributed by atoms with Gasteiger partial charge in [-0.15, -0.1) is 0 Å². The molecule has 0 unspecified atom stereocenters. The third kappa shape index (κ3) is 10.2. The molecule has 0 aliphatic heterocycles. The standard InChI is InChI=1S/C28H34O11/c1-17(29)35-13-7-8-21-9-11-24(25(14-21)33-5)39-27(16-36-18(2)30)28(38-20(4)32)22-10-12-23(37-19(3)31)26(15-22)34-6/h9-12,14-15,27-28H,7-8,13,16H2,1-6H3/t27-,28-/m0/s1. The summed E-state index contributed by atoms with van der Waals surface area (Å²) in [6, 6.07) is 9.92. The quantitative estimate of drug-likeness (QED) is 0.148. The smallest absolute Gasteiger partial charge is 0.308 e. The lowest BCUT2D eigenvalue weighted by Crippen LogP contribution is -2.34. The highest BCUT2D eigenvalue weighted by molar-refractivity contribution is 5.70. The summed E-state index contributed by atoms with van der Waals surface area (Å²) in [6.45, 7) is 5.15. The van der Waals surface area contributed by atoms with E-state index in [4.69, 9.17) is 33.2 Å². The van der Waals surface area contributed by atoms with Crippen LogP contribution in [0.15, 0.2) is 36.4 Å². The Balaban J connectivity index is 2.41. The molecule has 0 bridgehead atoms. The Hall–Kier alpha value is -4.28. The second kappa shape index (κ2) is 15.2. The SMILES string of the molecule is COc1cc([C@H](OC(C)=O)[C@H](COC(C)=O)Oc2ccc(CCCOC(C)=O)cc2OC)ccc1OC(C)=O. The molecule has 0 saturated heterocycles. The molecule has 2 aromatic carbocycles. The monoisotopic (exact) mass is 546 g/mol. The van der Waals surface area contributed by atoms with Crippen molar-refractivity contribution in [2.45, 2.75) is 52.7 Å². The number of aryl methyl sites for hydroxylation is 1. The van der Waals surface area contributed by atoms with Gasteiger partial charge in [-0.2, -0.15) is 0 Å². The highest BCUT2D eigenvalue weighted by atomic mass is 16.6. The van der Waals surface area contributed by atoms with Crippen LogP contribution in [-0.4, -0.2) is 57.4 Å². The molecule has 2 rings (SSSR count). The molecule has 212 valence electrons. The van der Waals surface area contributed by atoms with E-state index in [-0.39, 0.29) is 24.1 Å². The van der Waals surface area contributed by atoms with Crippen molar-refractivity contribution < 1.29 is 52.3 Å². The van der Waals surface area contributed by atoms with Gasteiger partial charge in [-0.05, 0) is 42.7 Å². The zero-order chi connectivity index (χ0) is 28.9. The third-order valence-electron chi connectivity index (χ3n) is 5.27. The van der Waals surface area contributed by atoms with E-state index in [0.29, 0.717) is 36.5 Å². The minimum atomic E-state index is -1.05. The summed E-state index contributed by atoms with van der Waals surface area (Å²) in [5, 5.41) is 0. The van der Waals surface area contributed by atoms with Crippen molar-refractivity contribution in [2.24, 2.45) is 0 Å². The maximum absolute atomic E-state index is 12.1. The molecule has 0 spiro atoms. The Labute approximate surface area is 227 Å². The fourth-order valence-electron chi connectivity index (χ4n) is 3.64. The summed E-state index contributed by atoms with van der Waals surface area (Å²) < 4.78 is 38.1. The van der Waals surface area contributed by atoms with Gasteiger partial charge >= 0.3 is 23.9 Å². The van der Waals surface area contributed by atoms with E-state index in [1.165, 1.54) is 48.0 Å². The van der Waals surface area contributed by atoms with Crippen LogP contribution in [0.25, 0.3) is 0 Å². The van der Waals surface area contributed by atoms with E-state index in [2.05, 4.69) is 0 Å². The van der Waals surface area contributed by atoms with Crippen molar-refractivity contribution in [1.29, 1.82) is 0 Å². The summed E-state index contributed by atoms with van der Waals surface area (Å²) in [5.74, 6) is -0.902. The molecule has 0 fully saturated rings. The maximum atomic E-state index is 12.1. The minimum Gasteiger partial charge on any atom is -0.493 e. The summed E-state index contributed by atoms with van der Waals surface area (Å²) in [6.07, 6.45) is -0.788. The average molecular weight is 547 g/mol. The van der Waals surface area contributed by atoms with Gasteiger partial charge in [0.05, 0.1) is 20.8 Å². The lowest BCUT2D eigenvalue weighted by atomic mass is 10.0. The number of methoxy groups -OCH3 is 2. The summed E-state index contributed by atoms with van der Waals surface area (Å²) in [5.41, 5.74) is 1.36. The van der Waals surface area contributed by atoms with Crippen molar-refractivity contribution in [3.05, 3.63) is 47.5 Å². The Morgan fingerprint density at radius 2 is 1.36 bits per heavy atom. The molecule has 2 aromatic rings. The summed E-state index contributed by atoms with van der Waals surface area (Å²) >= 11 is 0. The molecule has 0 amide bonds. The van der Waals surface area contributed by atoms with Crippen LogP contribution in [0.5, 0.6) is 23.0 Å². The zero-order valence-electron chi connectivity index (χ0n) is 22.9. The number of carbonyl (C=O) groups excluding carboxylic acids is 4. The van der Waals surface area contributed by atoms with Crippen molar-refractivity contribution >= 4 is 23.9 Å². The number of hydrogen-bond donors (Lipinski definition) is 0. The van der Waals surface area contributed by atoms with Crippen LogP contribution in [0, 0.1) is 0 Å². The first-order valence-electron chi connectivity index (χ1n) is 12.2. The fraction of sp³-hybridized carbons (Fsp3) is 0.429. The van der Waals surface area contributed by atoms with Crippen molar-refractivity contribution in [3.8, 4) is 23.0 Å². The van der Waals surface area contributed by atoms with Crippen LogP contribution >= 0.6 is 0 Å². The first-order chi connectivity index (χ1) is 18.5. The molecule has 11 heteroatoms. The van der Waals surface area contributed by atoms with Gasteiger partial charge in [0.2, 0.25) is 0 Å². The molecular formula is C28H34O11. The fourth-order valence-corrected chi connectivity index (χ4v) is 3.64. The van der Waals surface area contributed by atoms with E-state index >= 15 is 0 Å². The van der Waals surface area contributed by atoms with Crippen LogP contribution in [0.1, 0.15) is 51.3 Å². The third-order valence-corrected chi connectivity index (χ3v) is 5.27. The number of esters is 4. The average Bonchev–Trinajstić information content (AvgIpc) is 2.87. The van der Waals surface area contributed by atoms with Crippen LogP contribution in [-0.2, 0) is 39.8 Å². The van der Waals surface area contributed by atoms with Gasteiger partial charge in [0.1, 0.15) is 6.61 Å². The van der Waals surface area contributed by atoms with E-state index in [9.17, 15) is 19.2 Å². The molecule has 0 aromatic heterocycles. The lowest BCUT2D eigenvalue weighted by molar-refractivity contribution is -0.157. The van der Waals surface area contributed by atoms with Crippen molar-refractivity contribution in [3.63, 3.8) is 0 Å². The van der Waals surface area contributed by atoms with E-state index in [1.807, 2.05) is 6.07 Å². The summed E-state index contributed by atoms with van der Waals surface area (Å²) in [4.78, 5) is 46.2. The topological polar surface area (TPSA) is 133 Å². The molecule has 0 N–H and O–H groups in total. The van der Waals surface area contributed by atoms with Crippen LogP contribution in [0.4, 0.5) is 0 Å². The minimum absolute atomic E-state index is 0.179. The second-order valence-corrected chi connectivity index (χ2v) is 8.42. The van der Waals surface area contributed by atoms with Gasteiger partial charge in [-0.3, -0.25) is 19.2 Å². The van der Waals surface area contributed by atoms with E-state index < -0.39 is 30.1 Å². The number of benzene rings is 2. The molecular weight excluding hydrogens is 512 g/mol. The molecule has 0 saturated carbocycles. The highest BCUT2D eigenvalue weighted by Crippen LogP contribution is 2.36. The molecule has 0 aliphatic rings. The predicted molar refractivity (Wildman–Crippen MR) is 138 cm³/mol. The normalized spacial score (nSPS) is 11.9. The first kappa shape index (κ1) is 30.9. The van der Waals surface area contributed by atoms with Crippen molar-refractivity contribution in [1.82, 2.24) is 0 Å². The lowest BCUT2D eigenvalue weighted by Gasteiger charge is -2.28. The van der Waals surface area contributed by atoms with E-state index in [1.54, 1.807) is 24.3 Å². The van der Waals surface area contributed by atoms with Gasteiger partial charge in [0.25, 0.3) is 0 Å². The van der Waals surface area contributed by atoms with Gasteiger partial charge in [-0.1, -0.05) is 12.1 Å². The van der Waals surface area contributed by atoms with Gasteiger partial charge in [0, 0.05) is 33.3 Å². The molecule has 0 aliphatic carbocycles. The number of hydrogen-bond acceptors (Lipinski definition) is 11. The zero-order valence-corrected chi connectivity index (χ0v) is 22.9. The number of rotatable bonds is 14. The Morgan fingerprint density at radius 3 is 1.95 bits per heavy atom. The van der Waals surface area contributed by atoms with Crippen LogP contribution in [0.3, 0.4) is 0 Å². The van der Waals surface area contributed by atoms with Gasteiger partial charge in [-0.25, -0.2) is 0 Å².